The van der Waals surface area contributed by atoms with Gasteiger partial charge in [-0.25, -0.2) is 4.98 Å². The Hall–Kier alpha value is -0.780. The Kier molecular flexibility index (Phi) is 2.31. The van der Waals surface area contributed by atoms with Crippen LogP contribution in [0.4, 0.5) is 0 Å². The molecular weight excluding hydrogens is 214 g/mol. The molecule has 0 N–H and O–H groups in total. The maximum Gasteiger partial charge on any atom is 0.202 e. The van der Waals surface area contributed by atoms with Crippen LogP contribution in [-0.2, 0) is 9.47 Å². The van der Waals surface area contributed by atoms with Gasteiger partial charge >= 0.3 is 0 Å². The van der Waals surface area contributed by atoms with Crippen LogP contribution in [-0.4, -0.2) is 24.0 Å². The van der Waals surface area contributed by atoms with Crippen molar-refractivity contribution in [2.75, 3.05) is 13.2 Å². The molecule has 2 heterocycles. The molecule has 1 aromatic rings. The topological polar surface area (TPSA) is 48.4 Å². The van der Waals surface area contributed by atoms with Crippen molar-refractivity contribution in [2.24, 2.45) is 5.92 Å². The Morgan fingerprint density at radius 2 is 2.13 bits per heavy atom. The van der Waals surface area contributed by atoms with E-state index in [0.29, 0.717) is 18.2 Å². The maximum absolute atomic E-state index is 11.7. The highest BCUT2D eigenvalue weighted by Crippen LogP contribution is 2.34. The van der Waals surface area contributed by atoms with Gasteiger partial charge in [-0.15, -0.1) is 11.3 Å². The monoisotopic (exact) mass is 225 g/mol. The summed E-state index contributed by atoms with van der Waals surface area (Å²) < 4.78 is 10.6. The standard InChI is InChI=1S/C10H11NO3S/c12-8(6-1-2-6)9-11-7(5-15-9)10-13-3-4-14-10/h5-6,10H,1-4H2. The van der Waals surface area contributed by atoms with Gasteiger partial charge in [0, 0.05) is 11.3 Å². The lowest BCUT2D eigenvalue weighted by atomic mass is 10.3. The molecule has 15 heavy (non-hydrogen) atoms. The van der Waals surface area contributed by atoms with Crippen LogP contribution < -0.4 is 0 Å². The van der Waals surface area contributed by atoms with Crippen molar-refractivity contribution in [3.63, 3.8) is 0 Å². The van der Waals surface area contributed by atoms with E-state index < -0.39 is 0 Å². The highest BCUT2D eigenvalue weighted by molar-refractivity contribution is 7.11. The molecular formula is C10H11NO3S. The van der Waals surface area contributed by atoms with E-state index in [-0.39, 0.29) is 18.0 Å². The number of hydrogen-bond donors (Lipinski definition) is 0. The van der Waals surface area contributed by atoms with E-state index in [1.54, 1.807) is 0 Å². The third-order valence-corrected chi connectivity index (χ3v) is 3.42. The molecule has 2 aliphatic rings. The number of nitrogens with zero attached hydrogens (tertiary/aromatic N) is 1. The van der Waals surface area contributed by atoms with Crippen LogP contribution in [0.1, 0.15) is 34.6 Å². The van der Waals surface area contributed by atoms with Crippen LogP contribution >= 0.6 is 11.3 Å². The lowest BCUT2D eigenvalue weighted by Crippen LogP contribution is -2.03. The predicted octanol–water partition coefficient (Wildman–Crippen LogP) is 1.78. The normalized spacial score (nSPS) is 22.1. The Morgan fingerprint density at radius 3 is 2.80 bits per heavy atom. The number of carbonyl (C=O) groups excluding carboxylic acids is 1. The molecule has 0 bridgehead atoms. The second-order valence-corrected chi connectivity index (χ2v) is 4.65. The Balaban J connectivity index is 1.77. The van der Waals surface area contributed by atoms with Gasteiger partial charge in [0.1, 0.15) is 5.69 Å². The first-order valence-corrected chi connectivity index (χ1v) is 5.95. The molecule has 1 aliphatic carbocycles. The fourth-order valence-corrected chi connectivity index (χ4v) is 2.39. The minimum absolute atomic E-state index is 0.184. The second kappa shape index (κ2) is 3.66. The first kappa shape index (κ1) is 9.45. The van der Waals surface area contributed by atoms with Crippen molar-refractivity contribution >= 4 is 17.1 Å². The van der Waals surface area contributed by atoms with Crippen molar-refractivity contribution in [3.8, 4) is 0 Å². The number of thiazole rings is 1. The Labute approximate surface area is 91.2 Å². The molecule has 1 aliphatic heterocycles. The van der Waals surface area contributed by atoms with Gasteiger partial charge in [0.25, 0.3) is 0 Å². The van der Waals surface area contributed by atoms with E-state index in [1.165, 1.54) is 11.3 Å². The summed E-state index contributed by atoms with van der Waals surface area (Å²) in [6.07, 6.45) is 1.68. The van der Waals surface area contributed by atoms with Crippen LogP contribution in [0.5, 0.6) is 0 Å². The first-order valence-electron chi connectivity index (χ1n) is 5.07. The Bertz CT molecular complexity index is 380. The van der Waals surface area contributed by atoms with Crippen LogP contribution in [0.2, 0.25) is 0 Å². The summed E-state index contributed by atoms with van der Waals surface area (Å²) in [6.45, 7) is 1.21. The van der Waals surface area contributed by atoms with Gasteiger partial charge in [0.05, 0.1) is 13.2 Å². The zero-order valence-corrected chi connectivity index (χ0v) is 8.96. The van der Waals surface area contributed by atoms with Crippen molar-refractivity contribution in [1.82, 2.24) is 4.98 Å². The summed E-state index contributed by atoms with van der Waals surface area (Å²) in [5.74, 6) is 0.415. The van der Waals surface area contributed by atoms with E-state index in [4.69, 9.17) is 9.47 Å². The van der Waals surface area contributed by atoms with E-state index in [1.807, 2.05) is 5.38 Å². The third kappa shape index (κ3) is 1.82. The molecule has 2 fully saturated rings. The molecule has 5 heteroatoms. The highest BCUT2D eigenvalue weighted by atomic mass is 32.1. The molecule has 3 rings (SSSR count). The predicted molar refractivity (Wildman–Crippen MR) is 53.8 cm³/mol. The number of ketones is 1. The minimum Gasteiger partial charge on any atom is -0.345 e. The van der Waals surface area contributed by atoms with E-state index in [9.17, 15) is 4.79 Å². The number of rotatable bonds is 3. The van der Waals surface area contributed by atoms with Gasteiger partial charge < -0.3 is 9.47 Å². The summed E-state index contributed by atoms with van der Waals surface area (Å²) in [7, 11) is 0. The molecule has 4 nitrogen and oxygen atoms in total. The highest BCUT2D eigenvalue weighted by Gasteiger charge is 2.33. The molecule has 0 radical (unpaired) electrons. The number of carbonyl (C=O) groups is 1. The van der Waals surface area contributed by atoms with Crippen molar-refractivity contribution in [2.45, 2.75) is 19.1 Å². The van der Waals surface area contributed by atoms with Crippen LogP contribution in [0.3, 0.4) is 0 Å². The smallest absolute Gasteiger partial charge is 0.202 e. The number of hydrogen-bond acceptors (Lipinski definition) is 5. The molecule has 0 spiro atoms. The quantitative estimate of drug-likeness (QED) is 0.736. The molecule has 1 saturated carbocycles. The SMILES string of the molecule is O=C(c1nc(C2OCCO2)cs1)C1CC1. The molecule has 1 saturated heterocycles. The van der Waals surface area contributed by atoms with E-state index >= 15 is 0 Å². The largest absolute Gasteiger partial charge is 0.345 e. The summed E-state index contributed by atoms with van der Waals surface area (Å²) in [4.78, 5) is 16.0. The molecule has 80 valence electrons. The van der Waals surface area contributed by atoms with Crippen LogP contribution in [0, 0.1) is 5.92 Å². The van der Waals surface area contributed by atoms with Gasteiger partial charge in [0.2, 0.25) is 6.29 Å². The van der Waals surface area contributed by atoms with E-state index in [2.05, 4.69) is 4.98 Å². The van der Waals surface area contributed by atoms with Crippen molar-refractivity contribution in [3.05, 3.63) is 16.1 Å². The maximum atomic E-state index is 11.7. The van der Waals surface area contributed by atoms with Crippen LogP contribution in [0.15, 0.2) is 5.38 Å². The Morgan fingerprint density at radius 1 is 1.40 bits per heavy atom. The fourth-order valence-electron chi connectivity index (χ4n) is 1.56. The lowest BCUT2D eigenvalue weighted by Gasteiger charge is -2.03. The van der Waals surface area contributed by atoms with Crippen LogP contribution in [0.25, 0.3) is 0 Å². The molecule has 0 unspecified atom stereocenters. The van der Waals surface area contributed by atoms with Crippen molar-refractivity contribution in [1.29, 1.82) is 0 Å². The molecule has 0 aromatic carbocycles. The van der Waals surface area contributed by atoms with Gasteiger partial charge in [-0.3, -0.25) is 4.79 Å². The number of ether oxygens (including phenoxy) is 2. The van der Waals surface area contributed by atoms with Gasteiger partial charge in [-0.05, 0) is 12.8 Å². The summed E-state index contributed by atoms with van der Waals surface area (Å²) in [5, 5.41) is 2.46. The zero-order chi connectivity index (χ0) is 10.3. The van der Waals surface area contributed by atoms with E-state index in [0.717, 1.165) is 18.5 Å². The molecule has 0 atom stereocenters. The van der Waals surface area contributed by atoms with Crippen molar-refractivity contribution < 1.29 is 14.3 Å². The van der Waals surface area contributed by atoms with Gasteiger partial charge in [-0.2, -0.15) is 0 Å². The second-order valence-electron chi connectivity index (χ2n) is 3.79. The summed E-state index contributed by atoms with van der Waals surface area (Å²) in [5.41, 5.74) is 0.738. The first-order chi connectivity index (χ1) is 7.34. The summed E-state index contributed by atoms with van der Waals surface area (Å²) >= 11 is 1.39. The number of Topliss-reactive ketones (excluding diaryl/α,β-unsaturated/α-hetero) is 1. The average molecular weight is 225 g/mol. The third-order valence-electron chi connectivity index (χ3n) is 2.54. The van der Waals surface area contributed by atoms with Gasteiger partial charge in [0.15, 0.2) is 10.8 Å². The zero-order valence-electron chi connectivity index (χ0n) is 8.14. The fraction of sp³-hybridized carbons (Fsp3) is 0.600. The molecule has 0 amide bonds. The summed E-state index contributed by atoms with van der Waals surface area (Å²) in [6, 6.07) is 0. The van der Waals surface area contributed by atoms with Gasteiger partial charge in [-0.1, -0.05) is 0 Å². The lowest BCUT2D eigenvalue weighted by molar-refractivity contribution is -0.0469. The minimum atomic E-state index is -0.359. The molecule has 1 aromatic heterocycles. The average Bonchev–Trinajstić information content (AvgIpc) is 2.80. The number of aromatic nitrogens is 1.